The van der Waals surface area contributed by atoms with Gasteiger partial charge in [0.1, 0.15) is 0 Å². The summed E-state index contributed by atoms with van der Waals surface area (Å²) >= 11 is 0. The first-order chi connectivity index (χ1) is 10.1. The van der Waals surface area contributed by atoms with Crippen LogP contribution in [0.15, 0.2) is 18.2 Å². The summed E-state index contributed by atoms with van der Waals surface area (Å²) in [6.07, 6.45) is 1.90. The van der Waals surface area contributed by atoms with Gasteiger partial charge in [0.2, 0.25) is 0 Å². The van der Waals surface area contributed by atoms with Crippen molar-refractivity contribution in [2.24, 2.45) is 5.73 Å². The molecule has 1 atom stereocenters. The summed E-state index contributed by atoms with van der Waals surface area (Å²) in [5.41, 5.74) is 10.00. The van der Waals surface area contributed by atoms with Crippen LogP contribution in [-0.4, -0.2) is 46.6 Å². The van der Waals surface area contributed by atoms with Crippen molar-refractivity contribution in [2.75, 3.05) is 45.4 Å². The number of hydrogen-bond acceptors (Lipinski definition) is 4. The van der Waals surface area contributed by atoms with Crippen LogP contribution in [0.1, 0.15) is 24.5 Å². The summed E-state index contributed by atoms with van der Waals surface area (Å²) in [5.74, 6) is 0. The van der Waals surface area contributed by atoms with Gasteiger partial charge in [-0.3, -0.25) is 0 Å². The van der Waals surface area contributed by atoms with E-state index in [1.807, 2.05) is 0 Å². The van der Waals surface area contributed by atoms with Crippen LogP contribution in [-0.2, 0) is 15.9 Å². The molecule has 1 unspecified atom stereocenters. The molecule has 0 aliphatic carbocycles. The van der Waals surface area contributed by atoms with Crippen LogP contribution < -0.4 is 10.6 Å². The summed E-state index contributed by atoms with van der Waals surface area (Å²) in [6, 6.07) is 6.80. The maximum Gasteiger partial charge on any atom is 0.0637 e. The number of ether oxygens (including phenoxy) is 2. The molecule has 0 aliphatic rings. The van der Waals surface area contributed by atoms with Crippen molar-refractivity contribution >= 4 is 5.69 Å². The zero-order valence-corrected chi connectivity index (χ0v) is 13.9. The largest absolute Gasteiger partial charge is 0.383 e. The molecule has 1 aromatic rings. The predicted molar refractivity (Wildman–Crippen MR) is 89.1 cm³/mol. The average Bonchev–Trinajstić information content (AvgIpc) is 2.48. The molecule has 1 aromatic carbocycles. The summed E-state index contributed by atoms with van der Waals surface area (Å²) < 4.78 is 10.5. The fraction of sp³-hybridized carbons (Fsp3) is 0.647. The molecule has 0 amide bonds. The molecule has 21 heavy (non-hydrogen) atoms. The highest BCUT2D eigenvalue weighted by atomic mass is 16.5. The van der Waals surface area contributed by atoms with Gasteiger partial charge in [0.25, 0.3) is 0 Å². The van der Waals surface area contributed by atoms with Crippen LogP contribution in [0.5, 0.6) is 0 Å². The normalized spacial score (nSPS) is 12.4. The van der Waals surface area contributed by atoms with Crippen LogP contribution in [0.2, 0.25) is 0 Å². The van der Waals surface area contributed by atoms with Crippen molar-refractivity contribution in [2.45, 2.75) is 32.7 Å². The van der Waals surface area contributed by atoms with Gasteiger partial charge >= 0.3 is 0 Å². The molecule has 0 spiro atoms. The third-order valence-corrected chi connectivity index (χ3v) is 3.71. The molecule has 120 valence electrons. The lowest BCUT2D eigenvalue weighted by atomic mass is 10.00. The van der Waals surface area contributed by atoms with E-state index in [-0.39, 0.29) is 6.04 Å². The molecule has 0 saturated carbocycles. The topological polar surface area (TPSA) is 47.7 Å². The molecule has 0 aliphatic heterocycles. The van der Waals surface area contributed by atoms with E-state index < -0.39 is 0 Å². The van der Waals surface area contributed by atoms with Gasteiger partial charge in [-0.1, -0.05) is 24.6 Å². The molecule has 4 heteroatoms. The number of hydrogen-bond donors (Lipinski definition) is 1. The molecule has 2 N–H and O–H groups in total. The second-order valence-electron chi connectivity index (χ2n) is 5.48. The highest BCUT2D eigenvalue weighted by Gasteiger charge is 2.13. The first-order valence-electron chi connectivity index (χ1n) is 7.70. The Kier molecular flexibility index (Phi) is 8.35. The van der Waals surface area contributed by atoms with E-state index in [1.165, 1.54) is 16.8 Å². The van der Waals surface area contributed by atoms with Crippen LogP contribution in [0, 0.1) is 6.92 Å². The highest BCUT2D eigenvalue weighted by Crippen LogP contribution is 2.23. The molecule has 0 saturated heterocycles. The van der Waals surface area contributed by atoms with Crippen molar-refractivity contribution in [1.29, 1.82) is 0 Å². The monoisotopic (exact) mass is 294 g/mol. The number of benzene rings is 1. The summed E-state index contributed by atoms with van der Waals surface area (Å²) in [4.78, 5) is 2.32. The summed E-state index contributed by atoms with van der Waals surface area (Å²) in [6.45, 7) is 7.38. The van der Waals surface area contributed by atoms with Gasteiger partial charge in [0.05, 0.1) is 13.2 Å². The Bertz CT molecular complexity index is 402. The van der Waals surface area contributed by atoms with E-state index in [9.17, 15) is 0 Å². The third kappa shape index (κ3) is 6.04. The van der Waals surface area contributed by atoms with Gasteiger partial charge < -0.3 is 20.1 Å². The second kappa shape index (κ2) is 9.77. The van der Waals surface area contributed by atoms with E-state index in [0.29, 0.717) is 13.2 Å². The second-order valence-corrected chi connectivity index (χ2v) is 5.48. The minimum absolute atomic E-state index is 0.206. The number of aryl methyl sites for hydroxylation is 1. The van der Waals surface area contributed by atoms with Crippen molar-refractivity contribution in [3.05, 3.63) is 29.3 Å². The lowest BCUT2D eigenvalue weighted by molar-refractivity contribution is 0.190. The van der Waals surface area contributed by atoms with Gasteiger partial charge in [-0.25, -0.2) is 0 Å². The molecule has 0 aromatic heterocycles. The van der Waals surface area contributed by atoms with Gasteiger partial charge in [0, 0.05) is 39.0 Å². The molecule has 0 heterocycles. The molecule has 0 bridgehead atoms. The fourth-order valence-corrected chi connectivity index (χ4v) is 2.37. The van der Waals surface area contributed by atoms with Crippen molar-refractivity contribution in [3.63, 3.8) is 0 Å². The highest BCUT2D eigenvalue weighted by molar-refractivity contribution is 5.55. The zero-order chi connectivity index (χ0) is 15.7. The number of nitrogens with two attached hydrogens (primary N) is 1. The van der Waals surface area contributed by atoms with Crippen LogP contribution in [0.4, 0.5) is 5.69 Å². The number of anilines is 1. The lowest BCUT2D eigenvalue weighted by Crippen LogP contribution is -2.32. The van der Waals surface area contributed by atoms with Crippen LogP contribution in [0.25, 0.3) is 0 Å². The number of rotatable bonds is 10. The molecule has 0 radical (unpaired) electrons. The maximum absolute atomic E-state index is 6.16. The zero-order valence-electron chi connectivity index (χ0n) is 13.9. The van der Waals surface area contributed by atoms with E-state index >= 15 is 0 Å². The molecule has 4 nitrogen and oxygen atoms in total. The Morgan fingerprint density at radius 1 is 1.14 bits per heavy atom. The predicted octanol–water partition coefficient (Wildman–Crippen LogP) is 2.37. The van der Waals surface area contributed by atoms with Crippen LogP contribution >= 0.6 is 0 Å². The van der Waals surface area contributed by atoms with Gasteiger partial charge in [-0.2, -0.15) is 0 Å². The lowest BCUT2D eigenvalue weighted by Gasteiger charge is -2.28. The van der Waals surface area contributed by atoms with Gasteiger partial charge in [-0.05, 0) is 31.4 Å². The molecule has 0 fully saturated rings. The van der Waals surface area contributed by atoms with E-state index in [2.05, 4.69) is 36.9 Å². The quantitative estimate of drug-likeness (QED) is 0.720. The average molecular weight is 294 g/mol. The molecule has 1 rings (SSSR count). The smallest absolute Gasteiger partial charge is 0.0637 e. The van der Waals surface area contributed by atoms with Crippen molar-refractivity contribution < 1.29 is 9.47 Å². The Labute approximate surface area is 129 Å². The third-order valence-electron chi connectivity index (χ3n) is 3.71. The first-order valence-corrected chi connectivity index (χ1v) is 7.70. The fourth-order valence-electron chi connectivity index (χ4n) is 2.37. The SMILES string of the molecule is CCC(N)Cc1cc(C)ccc1N(CCOC)CCOC. The standard InChI is InChI=1S/C17H30N2O2/c1-5-16(18)13-15-12-14(2)6-7-17(15)19(8-10-20-3)9-11-21-4/h6-7,12,16H,5,8-11,13,18H2,1-4H3. The maximum atomic E-state index is 6.16. The van der Waals surface area contributed by atoms with Crippen molar-refractivity contribution in [1.82, 2.24) is 0 Å². The minimum Gasteiger partial charge on any atom is -0.383 e. The minimum atomic E-state index is 0.206. The van der Waals surface area contributed by atoms with Crippen LogP contribution in [0.3, 0.4) is 0 Å². The van der Waals surface area contributed by atoms with Gasteiger partial charge in [0.15, 0.2) is 0 Å². The Hall–Kier alpha value is -1.10. The molecular weight excluding hydrogens is 264 g/mol. The van der Waals surface area contributed by atoms with E-state index in [1.54, 1.807) is 14.2 Å². The van der Waals surface area contributed by atoms with Gasteiger partial charge in [-0.15, -0.1) is 0 Å². The number of nitrogens with zero attached hydrogens (tertiary/aromatic N) is 1. The Balaban J connectivity index is 2.97. The summed E-state index contributed by atoms with van der Waals surface area (Å²) in [7, 11) is 3.47. The molecular formula is C17H30N2O2. The van der Waals surface area contributed by atoms with E-state index in [4.69, 9.17) is 15.2 Å². The number of methoxy groups -OCH3 is 2. The Morgan fingerprint density at radius 3 is 2.29 bits per heavy atom. The first kappa shape index (κ1) is 18.0. The Morgan fingerprint density at radius 2 is 1.76 bits per heavy atom. The van der Waals surface area contributed by atoms with E-state index in [0.717, 1.165) is 25.9 Å². The van der Waals surface area contributed by atoms with Crippen molar-refractivity contribution in [3.8, 4) is 0 Å². The summed E-state index contributed by atoms with van der Waals surface area (Å²) in [5, 5.41) is 0.